The van der Waals surface area contributed by atoms with Crippen molar-refractivity contribution in [2.24, 2.45) is 0 Å². The molecule has 2 aromatic heterocycles. The minimum absolute atomic E-state index is 0.135. The molecule has 1 fully saturated rings. The fourth-order valence-corrected chi connectivity index (χ4v) is 3.95. The number of aromatic nitrogens is 2. The summed E-state index contributed by atoms with van der Waals surface area (Å²) in [6.07, 6.45) is 6.54. The van der Waals surface area contributed by atoms with Crippen LogP contribution in [0.3, 0.4) is 0 Å². The predicted octanol–water partition coefficient (Wildman–Crippen LogP) is 4.05. The van der Waals surface area contributed by atoms with Gasteiger partial charge in [-0.25, -0.2) is 4.98 Å². The van der Waals surface area contributed by atoms with Crippen molar-refractivity contribution in [2.45, 2.75) is 25.9 Å². The second kappa shape index (κ2) is 6.77. The molecule has 146 valence electrons. The smallest absolute Gasteiger partial charge is 0.227 e. The molecule has 1 saturated heterocycles. The molecule has 0 radical (unpaired) electrons. The third-order valence-electron chi connectivity index (χ3n) is 5.35. The van der Waals surface area contributed by atoms with Crippen LogP contribution in [0.15, 0.2) is 48.9 Å². The number of pyridine rings is 2. The van der Waals surface area contributed by atoms with Gasteiger partial charge < -0.3 is 20.7 Å². The summed E-state index contributed by atoms with van der Waals surface area (Å²) in [6.45, 7) is 2.78. The van der Waals surface area contributed by atoms with Crippen molar-refractivity contribution in [3.8, 4) is 16.9 Å². The molecular weight excluding hydrogens is 366 g/mol. The van der Waals surface area contributed by atoms with Gasteiger partial charge in [-0.2, -0.15) is 0 Å². The van der Waals surface area contributed by atoms with Crippen LogP contribution < -0.4 is 20.7 Å². The highest BCUT2D eigenvalue weighted by Gasteiger charge is 2.27. The molecule has 4 heterocycles. The highest BCUT2D eigenvalue weighted by molar-refractivity contribution is 5.96. The zero-order chi connectivity index (χ0) is 20.0. The van der Waals surface area contributed by atoms with Crippen molar-refractivity contribution >= 4 is 28.8 Å². The van der Waals surface area contributed by atoms with E-state index in [0.717, 1.165) is 46.8 Å². The second-order valence-corrected chi connectivity index (χ2v) is 7.38. The zero-order valence-corrected chi connectivity index (χ0v) is 16.1. The maximum atomic E-state index is 12.1. The number of nitrogens with two attached hydrogens (primary N) is 1. The number of carbonyl (C=O) groups excluding carboxylic acids is 1. The molecule has 3 aromatic rings. The summed E-state index contributed by atoms with van der Waals surface area (Å²) in [7, 11) is 0. The number of carbonyl (C=O) groups is 1. The molecule has 0 saturated carbocycles. The maximum Gasteiger partial charge on any atom is 0.227 e. The Morgan fingerprint density at radius 1 is 1.17 bits per heavy atom. The molecule has 1 amide bonds. The topological polar surface area (TPSA) is 93.4 Å². The van der Waals surface area contributed by atoms with Gasteiger partial charge in [-0.1, -0.05) is 0 Å². The number of rotatable bonds is 3. The first-order valence-electron chi connectivity index (χ1n) is 9.67. The van der Waals surface area contributed by atoms with Gasteiger partial charge in [-0.15, -0.1) is 0 Å². The summed E-state index contributed by atoms with van der Waals surface area (Å²) in [5, 5.41) is 3.24. The van der Waals surface area contributed by atoms with E-state index in [1.807, 2.05) is 48.4 Å². The van der Waals surface area contributed by atoms with E-state index in [1.54, 1.807) is 12.4 Å². The third-order valence-corrected chi connectivity index (χ3v) is 5.35. The van der Waals surface area contributed by atoms with E-state index in [2.05, 4.69) is 15.3 Å². The quantitative estimate of drug-likeness (QED) is 0.704. The Morgan fingerprint density at radius 2 is 2.07 bits per heavy atom. The number of hydrogen-bond donors (Lipinski definition) is 2. The summed E-state index contributed by atoms with van der Waals surface area (Å²) in [4.78, 5) is 22.6. The predicted molar refractivity (Wildman–Crippen MR) is 112 cm³/mol. The van der Waals surface area contributed by atoms with Gasteiger partial charge in [-0.05, 0) is 37.6 Å². The number of anilines is 4. The number of nitrogens with zero attached hydrogens (tertiary/aromatic N) is 3. The largest absolute Gasteiger partial charge is 0.485 e. The number of hydrogen-bond acceptors (Lipinski definition) is 6. The fourth-order valence-electron chi connectivity index (χ4n) is 3.95. The first-order valence-corrected chi connectivity index (χ1v) is 9.67. The van der Waals surface area contributed by atoms with Gasteiger partial charge in [-0.3, -0.25) is 9.78 Å². The van der Waals surface area contributed by atoms with Crippen molar-refractivity contribution in [1.82, 2.24) is 9.97 Å². The van der Waals surface area contributed by atoms with E-state index < -0.39 is 0 Å². The van der Waals surface area contributed by atoms with Gasteiger partial charge in [0.15, 0.2) is 0 Å². The van der Waals surface area contributed by atoms with Gasteiger partial charge in [0.1, 0.15) is 17.7 Å². The van der Waals surface area contributed by atoms with Gasteiger partial charge in [0.25, 0.3) is 0 Å². The summed E-state index contributed by atoms with van der Waals surface area (Å²) in [5.74, 6) is 1.65. The average Bonchev–Trinajstić information content (AvgIpc) is 3.14. The standard InChI is InChI=1S/C22H21N5O2/c1-13-18-9-21(26-15-7-14(23)10-24-11-15)25-12-19(18)17-5-4-16(8-20(17)29-13)27-6-2-3-22(27)28/h4-5,7-13H,2-3,6,23H2,1H3,(H,25,26)/t13-/m0/s1. The van der Waals surface area contributed by atoms with Crippen molar-refractivity contribution in [3.05, 3.63) is 54.5 Å². The van der Waals surface area contributed by atoms with Crippen molar-refractivity contribution < 1.29 is 9.53 Å². The molecule has 0 aliphatic carbocycles. The molecule has 7 nitrogen and oxygen atoms in total. The highest BCUT2D eigenvalue weighted by atomic mass is 16.5. The van der Waals surface area contributed by atoms with Crippen LogP contribution in [-0.4, -0.2) is 22.4 Å². The van der Waals surface area contributed by atoms with E-state index >= 15 is 0 Å². The second-order valence-electron chi connectivity index (χ2n) is 7.38. The van der Waals surface area contributed by atoms with E-state index in [4.69, 9.17) is 10.5 Å². The molecule has 1 aromatic carbocycles. The van der Waals surface area contributed by atoms with E-state index in [9.17, 15) is 4.79 Å². The number of amides is 1. The van der Waals surface area contributed by atoms with Crippen LogP contribution in [0.25, 0.3) is 11.1 Å². The van der Waals surface area contributed by atoms with Crippen molar-refractivity contribution in [3.63, 3.8) is 0 Å². The molecule has 0 spiro atoms. The zero-order valence-electron chi connectivity index (χ0n) is 16.1. The normalized spacial score (nSPS) is 17.5. The van der Waals surface area contributed by atoms with Crippen LogP contribution in [-0.2, 0) is 4.79 Å². The molecular formula is C22H21N5O2. The van der Waals surface area contributed by atoms with E-state index in [0.29, 0.717) is 17.9 Å². The number of ether oxygens (including phenoxy) is 1. The summed E-state index contributed by atoms with van der Waals surface area (Å²) in [6, 6.07) is 9.75. The Bertz CT molecular complexity index is 1110. The summed E-state index contributed by atoms with van der Waals surface area (Å²) >= 11 is 0. The maximum absolute atomic E-state index is 12.1. The Morgan fingerprint density at radius 3 is 2.86 bits per heavy atom. The van der Waals surface area contributed by atoms with Gasteiger partial charge in [0, 0.05) is 53.8 Å². The van der Waals surface area contributed by atoms with Crippen LogP contribution in [0, 0.1) is 0 Å². The van der Waals surface area contributed by atoms with Crippen LogP contribution in [0.2, 0.25) is 0 Å². The Kier molecular flexibility index (Phi) is 4.08. The lowest BCUT2D eigenvalue weighted by Gasteiger charge is -2.28. The minimum atomic E-state index is -0.135. The molecule has 0 unspecified atom stereocenters. The van der Waals surface area contributed by atoms with Crippen molar-refractivity contribution in [1.29, 1.82) is 0 Å². The Balaban J connectivity index is 1.48. The first-order chi connectivity index (χ1) is 14.1. The molecule has 3 N–H and O–H groups in total. The molecule has 1 atom stereocenters. The van der Waals surface area contributed by atoms with Crippen molar-refractivity contribution in [2.75, 3.05) is 22.5 Å². The van der Waals surface area contributed by atoms with Crippen LogP contribution in [0.5, 0.6) is 5.75 Å². The molecule has 29 heavy (non-hydrogen) atoms. The molecule has 5 rings (SSSR count). The van der Waals surface area contributed by atoms with E-state index in [1.165, 1.54) is 0 Å². The lowest BCUT2D eigenvalue weighted by atomic mass is 9.94. The highest BCUT2D eigenvalue weighted by Crippen LogP contribution is 2.44. The monoisotopic (exact) mass is 387 g/mol. The van der Waals surface area contributed by atoms with Gasteiger partial charge >= 0.3 is 0 Å². The van der Waals surface area contributed by atoms with Gasteiger partial charge in [0.05, 0.1) is 17.6 Å². The third kappa shape index (κ3) is 3.14. The average molecular weight is 387 g/mol. The SMILES string of the molecule is C[C@@H]1Oc2cc(N3CCCC3=O)ccc2-c2cnc(Nc3cncc(N)c3)cc21. The Hall–Kier alpha value is -3.61. The number of fused-ring (bicyclic) bond motifs is 3. The molecule has 2 aliphatic heterocycles. The van der Waals surface area contributed by atoms with E-state index in [-0.39, 0.29) is 12.0 Å². The molecule has 7 heteroatoms. The number of benzene rings is 1. The van der Waals surface area contributed by atoms with Crippen LogP contribution >= 0.6 is 0 Å². The fraction of sp³-hybridized carbons (Fsp3) is 0.227. The first kappa shape index (κ1) is 17.5. The number of nitrogen functional groups attached to an aromatic ring is 1. The lowest BCUT2D eigenvalue weighted by Crippen LogP contribution is -2.24. The number of nitrogens with one attached hydrogen (secondary N) is 1. The molecule has 0 bridgehead atoms. The van der Waals surface area contributed by atoms with Gasteiger partial charge in [0.2, 0.25) is 5.91 Å². The summed E-state index contributed by atoms with van der Waals surface area (Å²) in [5.41, 5.74) is 11.1. The van der Waals surface area contributed by atoms with Crippen LogP contribution in [0.1, 0.15) is 31.4 Å². The minimum Gasteiger partial charge on any atom is -0.485 e. The van der Waals surface area contributed by atoms with Crippen LogP contribution in [0.4, 0.5) is 22.9 Å². The molecule has 2 aliphatic rings. The lowest BCUT2D eigenvalue weighted by molar-refractivity contribution is -0.117. The Labute approximate surface area is 168 Å². The summed E-state index contributed by atoms with van der Waals surface area (Å²) < 4.78 is 6.19.